The fraction of sp³-hybridized carbons (Fsp3) is 0.462. The van der Waals surface area contributed by atoms with Crippen LogP contribution in [0.4, 0.5) is 0 Å². The molecular formula is C13H16O4. The predicted octanol–water partition coefficient (Wildman–Crippen LogP) is 2.09. The summed E-state index contributed by atoms with van der Waals surface area (Å²) in [5, 5.41) is 0. The van der Waals surface area contributed by atoms with Crippen LogP contribution < -0.4 is 9.47 Å². The van der Waals surface area contributed by atoms with Gasteiger partial charge in [0, 0.05) is 0 Å². The van der Waals surface area contributed by atoms with Crippen molar-refractivity contribution in [3.8, 4) is 11.5 Å². The van der Waals surface area contributed by atoms with Crippen molar-refractivity contribution in [1.82, 2.24) is 0 Å². The van der Waals surface area contributed by atoms with Crippen molar-refractivity contribution in [1.29, 1.82) is 0 Å². The van der Waals surface area contributed by atoms with Crippen molar-refractivity contribution in [2.45, 2.75) is 25.9 Å². The zero-order chi connectivity index (χ0) is 12.5. The molecule has 0 aliphatic carbocycles. The molecule has 2 rings (SSSR count). The fourth-order valence-corrected chi connectivity index (χ4v) is 1.80. The van der Waals surface area contributed by atoms with E-state index in [1.54, 1.807) is 0 Å². The van der Waals surface area contributed by atoms with E-state index in [-0.39, 0.29) is 12.4 Å². The van der Waals surface area contributed by atoms with Crippen LogP contribution in [0.1, 0.15) is 18.9 Å². The Morgan fingerprint density at radius 1 is 1.47 bits per heavy atom. The minimum absolute atomic E-state index is 0.177. The predicted molar refractivity (Wildman–Crippen MR) is 62.3 cm³/mol. The van der Waals surface area contributed by atoms with Gasteiger partial charge in [-0.2, -0.15) is 0 Å². The number of hydrogen-bond donors (Lipinski definition) is 0. The molecule has 1 atom stereocenters. The number of ether oxygens (including phenoxy) is 3. The van der Waals surface area contributed by atoms with E-state index in [9.17, 15) is 4.79 Å². The molecule has 0 unspecified atom stereocenters. The zero-order valence-electron chi connectivity index (χ0n) is 10.3. The van der Waals surface area contributed by atoms with Gasteiger partial charge in [-0.15, -0.1) is 0 Å². The maximum atomic E-state index is 11.3. The van der Waals surface area contributed by atoms with Crippen LogP contribution in [-0.4, -0.2) is 25.3 Å². The number of fused-ring (bicyclic) bond motifs is 1. The number of methoxy groups -OCH3 is 1. The largest absolute Gasteiger partial charge is 0.486 e. The van der Waals surface area contributed by atoms with Crippen molar-refractivity contribution in [3.63, 3.8) is 0 Å². The molecule has 1 heterocycles. The van der Waals surface area contributed by atoms with Gasteiger partial charge in [-0.05, 0) is 31.5 Å². The zero-order valence-corrected chi connectivity index (χ0v) is 10.3. The van der Waals surface area contributed by atoms with E-state index in [2.05, 4.69) is 4.74 Å². The van der Waals surface area contributed by atoms with Gasteiger partial charge in [0.1, 0.15) is 6.61 Å². The highest BCUT2D eigenvalue weighted by Gasteiger charge is 2.35. The highest BCUT2D eigenvalue weighted by molar-refractivity contribution is 5.70. The van der Waals surface area contributed by atoms with Gasteiger partial charge in [0.2, 0.25) is 0 Å². The number of carbonyl (C=O) groups excluding carboxylic acids is 1. The molecule has 17 heavy (non-hydrogen) atoms. The molecule has 4 nitrogen and oxygen atoms in total. The van der Waals surface area contributed by atoms with Gasteiger partial charge in [0.05, 0.1) is 13.5 Å². The highest BCUT2D eigenvalue weighted by atomic mass is 16.6. The lowest BCUT2D eigenvalue weighted by molar-refractivity contribution is -0.146. The van der Waals surface area contributed by atoms with Crippen LogP contribution in [0.25, 0.3) is 0 Å². The molecule has 0 aromatic heterocycles. The second kappa shape index (κ2) is 4.28. The Balaban J connectivity index is 2.17. The molecule has 0 amide bonds. The molecule has 1 aliphatic heterocycles. The molecule has 1 aromatic carbocycles. The first-order valence-corrected chi connectivity index (χ1v) is 5.52. The van der Waals surface area contributed by atoms with Gasteiger partial charge in [-0.3, -0.25) is 4.79 Å². The normalized spacial score (nSPS) is 22.1. The Morgan fingerprint density at radius 2 is 2.24 bits per heavy atom. The third-order valence-electron chi connectivity index (χ3n) is 2.73. The summed E-state index contributed by atoms with van der Waals surface area (Å²) in [6.45, 7) is 4.18. The van der Waals surface area contributed by atoms with E-state index in [1.807, 2.05) is 32.0 Å². The van der Waals surface area contributed by atoms with Crippen molar-refractivity contribution in [3.05, 3.63) is 23.8 Å². The van der Waals surface area contributed by atoms with E-state index >= 15 is 0 Å². The molecular weight excluding hydrogens is 220 g/mol. The Kier molecular flexibility index (Phi) is 2.96. The number of benzene rings is 1. The second-order valence-electron chi connectivity index (χ2n) is 4.54. The monoisotopic (exact) mass is 236 g/mol. The van der Waals surface area contributed by atoms with Crippen LogP contribution in [0.15, 0.2) is 18.2 Å². The minimum Gasteiger partial charge on any atom is -0.486 e. The topological polar surface area (TPSA) is 44.8 Å². The van der Waals surface area contributed by atoms with Gasteiger partial charge in [0.15, 0.2) is 17.1 Å². The smallest absolute Gasteiger partial charge is 0.309 e. The third kappa shape index (κ3) is 2.52. The van der Waals surface area contributed by atoms with E-state index in [4.69, 9.17) is 9.47 Å². The molecule has 0 saturated carbocycles. The number of rotatable bonds is 2. The number of carbonyl (C=O) groups is 1. The number of hydrogen-bond acceptors (Lipinski definition) is 4. The molecule has 4 heteroatoms. The van der Waals surface area contributed by atoms with Crippen LogP contribution in [0.2, 0.25) is 0 Å². The lowest BCUT2D eigenvalue weighted by atomic mass is 10.0. The van der Waals surface area contributed by atoms with E-state index in [0.29, 0.717) is 12.4 Å². The molecule has 0 spiro atoms. The lowest BCUT2D eigenvalue weighted by Crippen LogP contribution is -2.44. The van der Waals surface area contributed by atoms with Crippen LogP contribution in [0.5, 0.6) is 11.5 Å². The van der Waals surface area contributed by atoms with E-state index in [1.165, 1.54) is 7.11 Å². The van der Waals surface area contributed by atoms with E-state index < -0.39 is 5.60 Å². The number of esters is 1. The summed E-state index contributed by atoms with van der Waals surface area (Å²) in [6, 6.07) is 5.73. The standard InChI is InChI=1S/C13H16O4/c1-9-4-5-10-11(6-9)16-8-13(2,17-10)7-12(14)15-3/h4-6H,7-8H2,1-3H3/t13-/m1/s1. The Bertz CT molecular complexity index is 441. The van der Waals surface area contributed by atoms with Crippen LogP contribution in [-0.2, 0) is 9.53 Å². The molecule has 0 radical (unpaired) electrons. The van der Waals surface area contributed by atoms with Crippen molar-refractivity contribution >= 4 is 5.97 Å². The Morgan fingerprint density at radius 3 is 2.94 bits per heavy atom. The fourth-order valence-electron chi connectivity index (χ4n) is 1.80. The molecule has 1 aromatic rings. The summed E-state index contributed by atoms with van der Waals surface area (Å²) >= 11 is 0. The maximum absolute atomic E-state index is 11.3. The van der Waals surface area contributed by atoms with Crippen molar-refractivity contribution < 1.29 is 19.0 Å². The van der Waals surface area contributed by atoms with Gasteiger partial charge in [-0.1, -0.05) is 6.07 Å². The van der Waals surface area contributed by atoms with Crippen LogP contribution in [0.3, 0.4) is 0 Å². The Hall–Kier alpha value is -1.71. The molecule has 0 fully saturated rings. The first-order chi connectivity index (χ1) is 8.02. The second-order valence-corrected chi connectivity index (χ2v) is 4.54. The summed E-state index contributed by atoms with van der Waals surface area (Å²) in [7, 11) is 1.37. The first kappa shape index (κ1) is 11.8. The van der Waals surface area contributed by atoms with E-state index in [0.717, 1.165) is 11.3 Å². The first-order valence-electron chi connectivity index (χ1n) is 5.52. The quantitative estimate of drug-likeness (QED) is 0.737. The van der Waals surface area contributed by atoms with Crippen LogP contribution in [0, 0.1) is 6.92 Å². The average Bonchev–Trinajstić information content (AvgIpc) is 2.29. The third-order valence-corrected chi connectivity index (χ3v) is 2.73. The molecule has 0 bridgehead atoms. The highest BCUT2D eigenvalue weighted by Crippen LogP contribution is 2.37. The molecule has 92 valence electrons. The summed E-state index contributed by atoms with van der Waals surface area (Å²) in [6.07, 6.45) is 0.177. The van der Waals surface area contributed by atoms with Gasteiger partial charge in [-0.25, -0.2) is 0 Å². The maximum Gasteiger partial charge on any atom is 0.309 e. The van der Waals surface area contributed by atoms with Gasteiger partial charge < -0.3 is 14.2 Å². The molecule has 1 aliphatic rings. The molecule has 0 N–H and O–H groups in total. The lowest BCUT2D eigenvalue weighted by Gasteiger charge is -2.34. The van der Waals surface area contributed by atoms with Crippen molar-refractivity contribution in [2.24, 2.45) is 0 Å². The summed E-state index contributed by atoms with van der Waals surface area (Å²) < 4.78 is 16.1. The summed E-state index contributed by atoms with van der Waals surface area (Å²) in [4.78, 5) is 11.3. The van der Waals surface area contributed by atoms with Crippen molar-refractivity contribution in [2.75, 3.05) is 13.7 Å². The minimum atomic E-state index is -0.657. The number of aryl methyl sites for hydroxylation is 1. The molecule has 0 saturated heterocycles. The summed E-state index contributed by atoms with van der Waals surface area (Å²) in [5.41, 5.74) is 0.457. The average molecular weight is 236 g/mol. The van der Waals surface area contributed by atoms with Gasteiger partial charge >= 0.3 is 5.97 Å². The van der Waals surface area contributed by atoms with Gasteiger partial charge in [0.25, 0.3) is 0 Å². The van der Waals surface area contributed by atoms with Crippen LogP contribution >= 0.6 is 0 Å². The summed E-state index contributed by atoms with van der Waals surface area (Å²) in [5.74, 6) is 1.10. The SMILES string of the molecule is COC(=O)C[C@]1(C)COc2cc(C)ccc2O1. The Labute approximate surface area is 100 Å².